The number of pyridine rings is 1. The minimum Gasteiger partial charge on any atom is -0.245 e. The zero-order valence-electron chi connectivity index (χ0n) is 11.9. The van der Waals surface area contributed by atoms with Crippen LogP contribution in [0.25, 0.3) is 0 Å². The lowest BCUT2D eigenvalue weighted by atomic mass is 9.48. The largest absolute Gasteiger partial charge is 0.245 e. The van der Waals surface area contributed by atoms with Gasteiger partial charge in [0.15, 0.2) is 14.9 Å². The van der Waals surface area contributed by atoms with Crippen LogP contribution in [0.4, 0.5) is 0 Å². The molecule has 4 fully saturated rings. The van der Waals surface area contributed by atoms with Gasteiger partial charge in [-0.2, -0.15) is 0 Å². The van der Waals surface area contributed by atoms with Crippen LogP contribution in [-0.2, 0) is 15.3 Å². The van der Waals surface area contributed by atoms with E-state index in [1.165, 1.54) is 50.3 Å². The molecule has 5 rings (SSSR count). The van der Waals surface area contributed by atoms with E-state index >= 15 is 0 Å². The Morgan fingerprint density at radius 1 is 1.10 bits per heavy atom. The molecule has 4 aliphatic carbocycles. The maximum atomic E-state index is 11.7. The summed E-state index contributed by atoms with van der Waals surface area (Å²) in [5.74, 6) is 2.61. The number of hydrogen-bond donors (Lipinski definition) is 0. The predicted molar refractivity (Wildman–Crippen MR) is 77.2 cm³/mol. The number of sulfone groups is 1. The maximum absolute atomic E-state index is 11.7. The molecule has 0 saturated heterocycles. The van der Waals surface area contributed by atoms with Crippen LogP contribution in [0.2, 0.25) is 0 Å². The van der Waals surface area contributed by atoms with Gasteiger partial charge in [-0.05, 0) is 79.4 Å². The predicted octanol–water partition coefficient (Wildman–Crippen LogP) is 2.95. The molecule has 4 aliphatic rings. The molecule has 108 valence electrons. The van der Waals surface area contributed by atoms with Crippen molar-refractivity contribution in [2.24, 2.45) is 17.8 Å². The molecule has 0 atom stereocenters. The normalized spacial score (nSPS) is 39.1. The van der Waals surface area contributed by atoms with Gasteiger partial charge in [-0.3, -0.25) is 0 Å². The van der Waals surface area contributed by atoms with Crippen LogP contribution in [0.5, 0.6) is 0 Å². The monoisotopic (exact) mass is 291 g/mol. The summed E-state index contributed by atoms with van der Waals surface area (Å²) in [6.45, 7) is 0. The fraction of sp³-hybridized carbons (Fsp3) is 0.688. The summed E-state index contributed by atoms with van der Waals surface area (Å²) in [5.41, 5.74) is 1.48. The molecule has 1 heterocycles. The Kier molecular flexibility index (Phi) is 2.60. The minimum absolute atomic E-state index is 0.241. The van der Waals surface area contributed by atoms with Crippen LogP contribution in [0.1, 0.15) is 44.1 Å². The summed E-state index contributed by atoms with van der Waals surface area (Å²) in [5, 5.41) is 0.241. The Morgan fingerprint density at radius 2 is 1.65 bits per heavy atom. The van der Waals surface area contributed by atoms with Crippen molar-refractivity contribution < 1.29 is 8.42 Å². The van der Waals surface area contributed by atoms with Crippen molar-refractivity contribution in [2.75, 3.05) is 6.26 Å². The van der Waals surface area contributed by atoms with E-state index in [2.05, 4.69) is 11.1 Å². The second kappa shape index (κ2) is 4.06. The first-order valence-electron chi connectivity index (χ1n) is 7.61. The third kappa shape index (κ3) is 1.92. The van der Waals surface area contributed by atoms with Gasteiger partial charge in [0.1, 0.15) is 0 Å². The fourth-order valence-corrected chi connectivity index (χ4v) is 6.00. The van der Waals surface area contributed by atoms with Crippen LogP contribution >= 0.6 is 0 Å². The molecular weight excluding hydrogens is 270 g/mol. The molecule has 1 aromatic heterocycles. The molecule has 3 nitrogen and oxygen atoms in total. The first kappa shape index (κ1) is 12.8. The van der Waals surface area contributed by atoms with Crippen molar-refractivity contribution in [2.45, 2.75) is 49.0 Å². The van der Waals surface area contributed by atoms with Gasteiger partial charge in [-0.1, -0.05) is 0 Å². The van der Waals surface area contributed by atoms with Crippen molar-refractivity contribution in [3.8, 4) is 0 Å². The quantitative estimate of drug-likeness (QED) is 0.841. The van der Waals surface area contributed by atoms with Crippen molar-refractivity contribution in [1.82, 2.24) is 4.98 Å². The van der Waals surface area contributed by atoms with Crippen molar-refractivity contribution in [3.63, 3.8) is 0 Å². The van der Waals surface area contributed by atoms with Crippen LogP contribution in [-0.4, -0.2) is 19.7 Å². The molecular formula is C16H21NO2S. The van der Waals surface area contributed by atoms with Gasteiger partial charge >= 0.3 is 0 Å². The SMILES string of the molecule is CS(=O)(=O)c1cc(C23CC4CC(CC(C4)C2)C3)ccn1. The molecule has 4 saturated carbocycles. The summed E-state index contributed by atoms with van der Waals surface area (Å²) in [6.07, 6.45) is 10.9. The van der Waals surface area contributed by atoms with Gasteiger partial charge < -0.3 is 0 Å². The zero-order valence-corrected chi connectivity index (χ0v) is 12.7. The first-order valence-corrected chi connectivity index (χ1v) is 9.50. The second-order valence-corrected chi connectivity index (χ2v) is 9.32. The van der Waals surface area contributed by atoms with Gasteiger partial charge in [0.2, 0.25) is 0 Å². The van der Waals surface area contributed by atoms with E-state index < -0.39 is 9.84 Å². The van der Waals surface area contributed by atoms with Gasteiger partial charge in [0.05, 0.1) is 0 Å². The van der Waals surface area contributed by atoms with E-state index in [0.29, 0.717) is 0 Å². The van der Waals surface area contributed by atoms with Crippen LogP contribution in [0, 0.1) is 17.8 Å². The highest BCUT2D eigenvalue weighted by Crippen LogP contribution is 2.60. The van der Waals surface area contributed by atoms with E-state index in [0.717, 1.165) is 17.8 Å². The molecule has 20 heavy (non-hydrogen) atoms. The van der Waals surface area contributed by atoms with E-state index in [-0.39, 0.29) is 10.4 Å². The lowest BCUT2D eigenvalue weighted by Gasteiger charge is -2.57. The van der Waals surface area contributed by atoms with Gasteiger partial charge in [0, 0.05) is 12.5 Å². The molecule has 0 aromatic carbocycles. The Labute approximate surface area is 120 Å². The highest BCUT2D eigenvalue weighted by molar-refractivity contribution is 7.90. The fourth-order valence-electron chi connectivity index (χ4n) is 5.41. The standard InChI is InChI=1S/C16H21NO2S/c1-20(18,19)15-7-14(2-3-17-15)16-8-11-4-12(9-16)6-13(5-11)10-16/h2-3,7,11-13H,4-6,8-10H2,1H3. The third-order valence-electron chi connectivity index (χ3n) is 5.77. The van der Waals surface area contributed by atoms with Crippen molar-refractivity contribution in [3.05, 3.63) is 23.9 Å². The summed E-state index contributed by atoms with van der Waals surface area (Å²) < 4.78 is 23.5. The molecule has 4 bridgehead atoms. The topological polar surface area (TPSA) is 47.0 Å². The summed E-state index contributed by atoms with van der Waals surface area (Å²) in [6, 6.07) is 3.91. The number of nitrogens with zero attached hydrogens (tertiary/aromatic N) is 1. The summed E-state index contributed by atoms with van der Waals surface area (Å²) >= 11 is 0. The molecule has 4 heteroatoms. The highest BCUT2D eigenvalue weighted by Gasteiger charge is 2.51. The Bertz CT molecular complexity index is 615. The lowest BCUT2D eigenvalue weighted by Crippen LogP contribution is -2.48. The highest BCUT2D eigenvalue weighted by atomic mass is 32.2. The zero-order chi connectivity index (χ0) is 14.0. The van der Waals surface area contributed by atoms with E-state index in [4.69, 9.17) is 0 Å². The Balaban J connectivity index is 1.77. The van der Waals surface area contributed by atoms with E-state index in [1.807, 2.05) is 6.07 Å². The van der Waals surface area contributed by atoms with Crippen LogP contribution in [0.3, 0.4) is 0 Å². The Hall–Kier alpha value is -0.900. The van der Waals surface area contributed by atoms with Crippen molar-refractivity contribution in [1.29, 1.82) is 0 Å². The minimum atomic E-state index is -3.21. The molecule has 0 spiro atoms. The molecule has 1 aromatic rings. The van der Waals surface area contributed by atoms with Crippen molar-refractivity contribution >= 4 is 9.84 Å². The average molecular weight is 291 g/mol. The number of hydrogen-bond acceptors (Lipinski definition) is 3. The smallest absolute Gasteiger partial charge is 0.192 e. The van der Waals surface area contributed by atoms with Gasteiger partial charge in [0.25, 0.3) is 0 Å². The lowest BCUT2D eigenvalue weighted by molar-refractivity contribution is -0.00533. The third-order valence-corrected chi connectivity index (χ3v) is 6.75. The summed E-state index contributed by atoms with van der Waals surface area (Å²) in [4.78, 5) is 4.05. The van der Waals surface area contributed by atoms with E-state index in [9.17, 15) is 8.42 Å². The molecule has 0 radical (unpaired) electrons. The molecule has 0 N–H and O–H groups in total. The van der Waals surface area contributed by atoms with Crippen LogP contribution < -0.4 is 0 Å². The van der Waals surface area contributed by atoms with Gasteiger partial charge in [-0.25, -0.2) is 13.4 Å². The van der Waals surface area contributed by atoms with Crippen LogP contribution in [0.15, 0.2) is 23.4 Å². The molecule has 0 amide bonds. The maximum Gasteiger partial charge on any atom is 0.192 e. The molecule has 0 unspecified atom stereocenters. The second-order valence-electron chi connectivity index (χ2n) is 7.35. The molecule has 0 aliphatic heterocycles. The number of aromatic nitrogens is 1. The van der Waals surface area contributed by atoms with Gasteiger partial charge in [-0.15, -0.1) is 0 Å². The van der Waals surface area contributed by atoms with E-state index in [1.54, 1.807) is 6.20 Å². The average Bonchev–Trinajstić information content (AvgIpc) is 2.36. The summed E-state index contributed by atoms with van der Waals surface area (Å²) in [7, 11) is -3.21. The first-order chi connectivity index (χ1) is 9.45. The number of rotatable bonds is 2. The Morgan fingerprint density at radius 3 is 2.15 bits per heavy atom.